The van der Waals surface area contributed by atoms with Gasteiger partial charge in [-0.15, -0.1) is 0 Å². The number of benzene rings is 2. The highest BCUT2D eigenvalue weighted by Gasteiger charge is 2.22. The van der Waals surface area contributed by atoms with E-state index in [1.807, 2.05) is 18.2 Å². The van der Waals surface area contributed by atoms with E-state index < -0.39 is 0 Å². The van der Waals surface area contributed by atoms with Gasteiger partial charge in [-0.3, -0.25) is 4.79 Å². The Morgan fingerprint density at radius 2 is 2.04 bits per heavy atom. The zero-order valence-electron chi connectivity index (χ0n) is 13.9. The molecular weight excluding hydrogens is 302 g/mol. The van der Waals surface area contributed by atoms with Crippen LogP contribution in [0.15, 0.2) is 36.4 Å². The summed E-state index contributed by atoms with van der Waals surface area (Å²) < 4.78 is 5.47. The molecule has 2 aromatic rings. The summed E-state index contributed by atoms with van der Waals surface area (Å²) in [6.07, 6.45) is 0. The standard InChI is InChI=1S/C19H21N3O2/c1-12-9-22(10-12)15-4-6-16(13(2)7-15)20-14-3-5-17-18(8-14)24-11-19(23)21-17/h3-8,12,20H,9-11H2,1-2H3,(H,21,23). The maximum atomic E-state index is 11.3. The first kappa shape index (κ1) is 14.9. The molecule has 0 radical (unpaired) electrons. The SMILES string of the molecule is Cc1cc(N2CC(C)C2)ccc1Nc1ccc2c(c1)OCC(=O)N2. The number of hydrogen-bond acceptors (Lipinski definition) is 4. The fraction of sp³-hybridized carbons (Fsp3) is 0.316. The molecule has 2 N–H and O–H groups in total. The lowest BCUT2D eigenvalue weighted by Gasteiger charge is -2.39. The Morgan fingerprint density at radius 3 is 2.79 bits per heavy atom. The largest absolute Gasteiger partial charge is 0.482 e. The van der Waals surface area contributed by atoms with Crippen molar-refractivity contribution in [3.8, 4) is 5.75 Å². The van der Waals surface area contributed by atoms with Crippen molar-refractivity contribution in [2.45, 2.75) is 13.8 Å². The topological polar surface area (TPSA) is 53.6 Å². The molecule has 1 fully saturated rings. The van der Waals surface area contributed by atoms with Crippen LogP contribution >= 0.6 is 0 Å². The Bertz CT molecular complexity index is 797. The number of fused-ring (bicyclic) bond motifs is 1. The van der Waals surface area contributed by atoms with Crippen LogP contribution in [0.1, 0.15) is 12.5 Å². The summed E-state index contributed by atoms with van der Waals surface area (Å²) in [5, 5.41) is 6.23. The fourth-order valence-electron chi connectivity index (χ4n) is 3.20. The van der Waals surface area contributed by atoms with Gasteiger partial charge in [-0.25, -0.2) is 0 Å². The van der Waals surface area contributed by atoms with Gasteiger partial charge < -0.3 is 20.3 Å². The predicted molar refractivity (Wildman–Crippen MR) is 96.4 cm³/mol. The first-order valence-electron chi connectivity index (χ1n) is 8.28. The number of aryl methyl sites for hydroxylation is 1. The van der Waals surface area contributed by atoms with Crippen LogP contribution in [0.25, 0.3) is 0 Å². The Hall–Kier alpha value is -2.69. The number of anilines is 4. The van der Waals surface area contributed by atoms with Crippen molar-refractivity contribution >= 4 is 28.7 Å². The van der Waals surface area contributed by atoms with Gasteiger partial charge in [-0.05, 0) is 48.7 Å². The Morgan fingerprint density at radius 1 is 1.21 bits per heavy atom. The summed E-state index contributed by atoms with van der Waals surface area (Å²) in [6.45, 7) is 6.74. The van der Waals surface area contributed by atoms with Gasteiger partial charge in [-0.2, -0.15) is 0 Å². The van der Waals surface area contributed by atoms with Gasteiger partial charge in [-0.1, -0.05) is 6.92 Å². The van der Waals surface area contributed by atoms with Crippen LogP contribution in [0.2, 0.25) is 0 Å². The Balaban J connectivity index is 1.52. The molecule has 0 spiro atoms. The van der Waals surface area contributed by atoms with Gasteiger partial charge in [0.2, 0.25) is 0 Å². The summed E-state index contributed by atoms with van der Waals surface area (Å²) in [5.41, 5.74) is 5.23. The van der Waals surface area contributed by atoms with Gasteiger partial charge in [0, 0.05) is 36.2 Å². The van der Waals surface area contributed by atoms with E-state index in [1.54, 1.807) is 0 Å². The lowest BCUT2D eigenvalue weighted by atomic mass is 10.0. The zero-order chi connectivity index (χ0) is 16.7. The molecule has 4 rings (SSSR count). The van der Waals surface area contributed by atoms with Crippen molar-refractivity contribution in [3.05, 3.63) is 42.0 Å². The number of ether oxygens (including phenoxy) is 1. The van der Waals surface area contributed by atoms with Gasteiger partial charge in [0.1, 0.15) is 5.75 Å². The third-order valence-corrected chi connectivity index (χ3v) is 4.53. The number of carbonyl (C=O) groups is 1. The number of nitrogens with zero attached hydrogens (tertiary/aromatic N) is 1. The van der Waals surface area contributed by atoms with Crippen LogP contribution in [0.3, 0.4) is 0 Å². The van der Waals surface area contributed by atoms with Crippen molar-refractivity contribution in [1.82, 2.24) is 0 Å². The van der Waals surface area contributed by atoms with E-state index in [1.165, 1.54) is 11.3 Å². The van der Waals surface area contributed by atoms with Crippen LogP contribution in [-0.4, -0.2) is 25.6 Å². The third-order valence-electron chi connectivity index (χ3n) is 4.53. The quantitative estimate of drug-likeness (QED) is 0.907. The van der Waals surface area contributed by atoms with E-state index in [9.17, 15) is 4.79 Å². The molecular formula is C19H21N3O2. The van der Waals surface area contributed by atoms with Crippen LogP contribution in [0.4, 0.5) is 22.7 Å². The minimum absolute atomic E-state index is 0.0679. The van der Waals surface area contributed by atoms with Crippen molar-refractivity contribution < 1.29 is 9.53 Å². The molecule has 1 amide bonds. The van der Waals surface area contributed by atoms with Crippen LogP contribution in [0, 0.1) is 12.8 Å². The molecule has 24 heavy (non-hydrogen) atoms. The molecule has 0 aliphatic carbocycles. The van der Waals surface area contributed by atoms with Gasteiger partial charge in [0.05, 0.1) is 5.69 Å². The Kier molecular flexibility index (Phi) is 3.56. The molecule has 0 atom stereocenters. The molecule has 0 saturated carbocycles. The lowest BCUT2D eigenvalue weighted by molar-refractivity contribution is -0.118. The molecule has 2 aromatic carbocycles. The summed E-state index contributed by atoms with van der Waals surface area (Å²) in [4.78, 5) is 13.7. The molecule has 124 valence electrons. The number of rotatable bonds is 3. The number of carbonyl (C=O) groups excluding carboxylic acids is 1. The van der Waals surface area contributed by atoms with Crippen molar-refractivity contribution in [2.75, 3.05) is 35.2 Å². The second-order valence-corrected chi connectivity index (χ2v) is 6.68. The van der Waals surface area contributed by atoms with Crippen LogP contribution in [-0.2, 0) is 4.79 Å². The molecule has 2 heterocycles. The van der Waals surface area contributed by atoms with E-state index in [2.05, 4.69) is 47.6 Å². The molecule has 0 aromatic heterocycles. The fourth-order valence-corrected chi connectivity index (χ4v) is 3.20. The lowest BCUT2D eigenvalue weighted by Crippen LogP contribution is -2.45. The minimum Gasteiger partial charge on any atom is -0.482 e. The highest BCUT2D eigenvalue weighted by Crippen LogP contribution is 2.33. The van der Waals surface area contributed by atoms with E-state index in [4.69, 9.17) is 4.74 Å². The summed E-state index contributed by atoms with van der Waals surface area (Å²) in [6, 6.07) is 12.2. The monoisotopic (exact) mass is 323 g/mol. The molecule has 2 aliphatic heterocycles. The molecule has 2 aliphatic rings. The van der Waals surface area contributed by atoms with Gasteiger partial charge in [0.25, 0.3) is 5.91 Å². The minimum atomic E-state index is -0.116. The highest BCUT2D eigenvalue weighted by atomic mass is 16.5. The number of nitrogens with one attached hydrogen (secondary N) is 2. The number of amides is 1. The predicted octanol–water partition coefficient (Wildman–Crippen LogP) is 3.53. The van der Waals surface area contributed by atoms with E-state index in [0.717, 1.165) is 36.1 Å². The van der Waals surface area contributed by atoms with Crippen molar-refractivity contribution in [1.29, 1.82) is 0 Å². The average molecular weight is 323 g/mol. The molecule has 1 saturated heterocycles. The van der Waals surface area contributed by atoms with E-state index in [0.29, 0.717) is 5.75 Å². The first-order valence-corrected chi connectivity index (χ1v) is 8.28. The van der Waals surface area contributed by atoms with Gasteiger partial charge >= 0.3 is 0 Å². The smallest absolute Gasteiger partial charge is 0.262 e. The Labute approximate surface area is 141 Å². The summed E-state index contributed by atoms with van der Waals surface area (Å²) >= 11 is 0. The maximum Gasteiger partial charge on any atom is 0.262 e. The number of hydrogen-bond donors (Lipinski definition) is 2. The van der Waals surface area contributed by atoms with E-state index >= 15 is 0 Å². The average Bonchev–Trinajstić information content (AvgIpc) is 2.54. The zero-order valence-corrected chi connectivity index (χ0v) is 13.9. The second-order valence-electron chi connectivity index (χ2n) is 6.68. The maximum absolute atomic E-state index is 11.3. The van der Waals surface area contributed by atoms with E-state index in [-0.39, 0.29) is 12.5 Å². The normalized spacial score (nSPS) is 16.8. The third kappa shape index (κ3) is 2.77. The summed E-state index contributed by atoms with van der Waals surface area (Å²) in [5.74, 6) is 1.37. The second kappa shape index (κ2) is 5.74. The molecule has 0 unspecified atom stereocenters. The van der Waals surface area contributed by atoms with Crippen molar-refractivity contribution in [2.24, 2.45) is 5.92 Å². The highest BCUT2D eigenvalue weighted by molar-refractivity contribution is 5.95. The van der Waals surface area contributed by atoms with Crippen molar-refractivity contribution in [3.63, 3.8) is 0 Å². The van der Waals surface area contributed by atoms with Gasteiger partial charge in [0.15, 0.2) is 6.61 Å². The summed E-state index contributed by atoms with van der Waals surface area (Å²) in [7, 11) is 0. The first-order chi connectivity index (χ1) is 11.6. The van der Waals surface area contributed by atoms with Crippen LogP contribution in [0.5, 0.6) is 5.75 Å². The van der Waals surface area contributed by atoms with Crippen LogP contribution < -0.4 is 20.3 Å². The molecule has 5 nitrogen and oxygen atoms in total. The molecule has 0 bridgehead atoms. The molecule has 5 heteroatoms.